The second kappa shape index (κ2) is 10.6. The molecule has 1 aliphatic rings. The Morgan fingerprint density at radius 1 is 1.35 bits per heavy atom. The summed E-state index contributed by atoms with van der Waals surface area (Å²) in [5.41, 5.74) is 4.59. The number of carbonyl (C=O) groups is 1. The summed E-state index contributed by atoms with van der Waals surface area (Å²) in [6, 6.07) is 4.26. The van der Waals surface area contributed by atoms with E-state index in [4.69, 9.17) is 0 Å². The van der Waals surface area contributed by atoms with Crippen LogP contribution in [0, 0.1) is 18.8 Å². The Labute approximate surface area is 159 Å². The third-order valence-electron chi connectivity index (χ3n) is 4.88. The summed E-state index contributed by atoms with van der Waals surface area (Å²) in [6.07, 6.45) is 5.79. The van der Waals surface area contributed by atoms with E-state index < -0.39 is 12.2 Å². The molecule has 2 N–H and O–H groups in total. The lowest BCUT2D eigenvalue weighted by Gasteiger charge is -2.29. The standard InChI is InChI=1S/C21H30O3.C2H6/c1-13(10-18(23)12-16(4)22)5-8-19-15(3)6-7-17-9-14(2)11-20(24)21(17)19;1-2/h5-8,13-14,18,20,23-24H,9-12H2,1-4H3;1-2H3/b8-5+;. The van der Waals surface area contributed by atoms with Crippen LogP contribution in [0.2, 0.25) is 0 Å². The van der Waals surface area contributed by atoms with Gasteiger partial charge in [-0.05, 0) is 67.2 Å². The minimum Gasteiger partial charge on any atom is -0.393 e. The molecule has 4 atom stereocenters. The highest BCUT2D eigenvalue weighted by Gasteiger charge is 2.25. The normalized spacial score (nSPS) is 21.5. The maximum atomic E-state index is 11.1. The number of benzene rings is 1. The number of hydrogen-bond acceptors (Lipinski definition) is 3. The lowest BCUT2D eigenvalue weighted by atomic mass is 9.79. The number of fused-ring (bicyclic) bond motifs is 1. The molecule has 4 unspecified atom stereocenters. The van der Waals surface area contributed by atoms with E-state index >= 15 is 0 Å². The van der Waals surface area contributed by atoms with Gasteiger partial charge in [0.05, 0.1) is 12.2 Å². The van der Waals surface area contributed by atoms with Gasteiger partial charge in [0.15, 0.2) is 0 Å². The van der Waals surface area contributed by atoms with Gasteiger partial charge in [-0.3, -0.25) is 4.79 Å². The lowest BCUT2D eigenvalue weighted by Crippen LogP contribution is -2.18. The zero-order valence-electron chi connectivity index (χ0n) is 17.2. The van der Waals surface area contributed by atoms with Crippen molar-refractivity contribution in [3.05, 3.63) is 40.5 Å². The van der Waals surface area contributed by atoms with E-state index in [9.17, 15) is 15.0 Å². The fourth-order valence-electron chi connectivity index (χ4n) is 3.72. The smallest absolute Gasteiger partial charge is 0.132 e. The van der Waals surface area contributed by atoms with Gasteiger partial charge in [-0.2, -0.15) is 0 Å². The molecule has 1 aromatic rings. The van der Waals surface area contributed by atoms with Crippen molar-refractivity contribution in [2.45, 2.75) is 79.4 Å². The fourth-order valence-corrected chi connectivity index (χ4v) is 3.72. The molecule has 0 aromatic heterocycles. The molecule has 2 rings (SSSR count). The molecule has 0 saturated heterocycles. The largest absolute Gasteiger partial charge is 0.393 e. The minimum absolute atomic E-state index is 0.0175. The Balaban J connectivity index is 0.00000163. The highest BCUT2D eigenvalue weighted by Crippen LogP contribution is 2.37. The maximum absolute atomic E-state index is 11.1. The number of rotatable bonds is 6. The predicted octanol–water partition coefficient (Wildman–Crippen LogP) is 5.02. The SMILES string of the molecule is CC.CC(=O)CC(O)CC(C)/C=C/c1c(C)ccc2c1C(O)CC(C)C2. The van der Waals surface area contributed by atoms with Crippen LogP contribution in [0.15, 0.2) is 18.2 Å². The van der Waals surface area contributed by atoms with Crippen LogP contribution in [0.1, 0.15) is 82.2 Å². The van der Waals surface area contributed by atoms with Crippen molar-refractivity contribution in [2.75, 3.05) is 0 Å². The number of aliphatic hydroxyl groups is 2. The highest BCUT2D eigenvalue weighted by atomic mass is 16.3. The zero-order chi connectivity index (χ0) is 19.9. The van der Waals surface area contributed by atoms with Gasteiger partial charge in [-0.15, -0.1) is 0 Å². The van der Waals surface area contributed by atoms with Gasteiger partial charge in [0, 0.05) is 6.42 Å². The van der Waals surface area contributed by atoms with Gasteiger partial charge in [-0.25, -0.2) is 0 Å². The number of aryl methyl sites for hydroxylation is 1. The molecule has 146 valence electrons. The van der Waals surface area contributed by atoms with Crippen molar-refractivity contribution in [2.24, 2.45) is 11.8 Å². The number of allylic oxidation sites excluding steroid dienone is 1. The van der Waals surface area contributed by atoms with Crippen molar-refractivity contribution in [3.63, 3.8) is 0 Å². The Morgan fingerprint density at radius 2 is 2.00 bits per heavy atom. The third kappa shape index (κ3) is 6.37. The molecule has 0 aliphatic heterocycles. The van der Waals surface area contributed by atoms with Crippen LogP contribution in [0.3, 0.4) is 0 Å². The minimum atomic E-state index is -0.584. The van der Waals surface area contributed by atoms with Crippen LogP contribution in [-0.4, -0.2) is 22.1 Å². The van der Waals surface area contributed by atoms with Crippen molar-refractivity contribution in [1.82, 2.24) is 0 Å². The average molecular weight is 361 g/mol. The summed E-state index contributed by atoms with van der Waals surface area (Å²) >= 11 is 0. The molecular formula is C23H36O3. The predicted molar refractivity (Wildman–Crippen MR) is 109 cm³/mol. The van der Waals surface area contributed by atoms with Gasteiger partial charge in [-0.1, -0.05) is 52.0 Å². The number of Topliss-reactive ketones (excluding diaryl/α,β-unsaturated/α-hetero) is 1. The molecule has 0 bridgehead atoms. The average Bonchev–Trinajstić information content (AvgIpc) is 2.55. The second-order valence-corrected chi connectivity index (χ2v) is 7.56. The number of carbonyl (C=O) groups excluding carboxylic acids is 1. The monoisotopic (exact) mass is 360 g/mol. The van der Waals surface area contributed by atoms with Gasteiger partial charge < -0.3 is 10.2 Å². The first kappa shape index (κ1) is 22.6. The van der Waals surface area contributed by atoms with Gasteiger partial charge >= 0.3 is 0 Å². The first-order valence-electron chi connectivity index (χ1n) is 9.94. The molecule has 1 aliphatic carbocycles. The van der Waals surface area contributed by atoms with E-state index in [1.807, 2.05) is 20.8 Å². The van der Waals surface area contributed by atoms with Crippen LogP contribution in [0.4, 0.5) is 0 Å². The lowest BCUT2D eigenvalue weighted by molar-refractivity contribution is -0.118. The van der Waals surface area contributed by atoms with E-state index in [0.717, 1.165) is 29.5 Å². The fraction of sp³-hybridized carbons (Fsp3) is 0.609. The topological polar surface area (TPSA) is 57.5 Å². The van der Waals surface area contributed by atoms with Gasteiger partial charge in [0.1, 0.15) is 5.78 Å². The summed E-state index contributed by atoms with van der Waals surface area (Å²) in [5, 5.41) is 20.4. The van der Waals surface area contributed by atoms with Gasteiger partial charge in [0.2, 0.25) is 0 Å². The second-order valence-electron chi connectivity index (χ2n) is 7.56. The van der Waals surface area contributed by atoms with E-state index in [-0.39, 0.29) is 18.1 Å². The van der Waals surface area contributed by atoms with E-state index in [0.29, 0.717) is 12.3 Å². The molecule has 0 spiro atoms. The number of hydrogen-bond donors (Lipinski definition) is 2. The molecule has 3 heteroatoms. The number of aliphatic hydroxyl groups excluding tert-OH is 2. The highest BCUT2D eigenvalue weighted by molar-refractivity contribution is 5.75. The summed E-state index contributed by atoms with van der Waals surface area (Å²) in [7, 11) is 0. The summed E-state index contributed by atoms with van der Waals surface area (Å²) < 4.78 is 0. The molecule has 0 amide bonds. The molecule has 0 radical (unpaired) electrons. The number of ketones is 1. The Hall–Kier alpha value is -1.45. The Morgan fingerprint density at radius 3 is 2.62 bits per heavy atom. The Bertz CT molecular complexity index is 618. The van der Waals surface area contributed by atoms with Crippen LogP contribution in [0.25, 0.3) is 6.08 Å². The summed E-state index contributed by atoms with van der Waals surface area (Å²) in [4.78, 5) is 11.1. The van der Waals surface area contributed by atoms with Crippen molar-refractivity contribution >= 4 is 11.9 Å². The maximum Gasteiger partial charge on any atom is 0.132 e. The van der Waals surface area contributed by atoms with Gasteiger partial charge in [0.25, 0.3) is 0 Å². The van der Waals surface area contributed by atoms with Crippen LogP contribution in [0.5, 0.6) is 0 Å². The zero-order valence-corrected chi connectivity index (χ0v) is 17.2. The van der Waals surface area contributed by atoms with E-state index in [1.54, 1.807) is 0 Å². The molecule has 0 saturated carbocycles. The first-order chi connectivity index (χ1) is 12.3. The van der Waals surface area contributed by atoms with E-state index in [2.05, 4.69) is 38.1 Å². The molecule has 26 heavy (non-hydrogen) atoms. The van der Waals surface area contributed by atoms with Crippen LogP contribution in [-0.2, 0) is 11.2 Å². The molecule has 0 heterocycles. The van der Waals surface area contributed by atoms with Crippen molar-refractivity contribution in [3.8, 4) is 0 Å². The van der Waals surface area contributed by atoms with Crippen LogP contribution >= 0.6 is 0 Å². The molecule has 3 nitrogen and oxygen atoms in total. The van der Waals surface area contributed by atoms with Crippen LogP contribution < -0.4 is 0 Å². The Kier molecular flexibility index (Phi) is 9.24. The summed E-state index contributed by atoms with van der Waals surface area (Å²) in [6.45, 7) is 11.8. The quantitative estimate of drug-likeness (QED) is 0.749. The summed E-state index contributed by atoms with van der Waals surface area (Å²) in [5.74, 6) is 0.700. The third-order valence-corrected chi connectivity index (χ3v) is 4.88. The molecule has 0 fully saturated rings. The molecular weight excluding hydrogens is 324 g/mol. The van der Waals surface area contributed by atoms with E-state index in [1.165, 1.54) is 12.5 Å². The van der Waals surface area contributed by atoms with Crippen molar-refractivity contribution < 1.29 is 15.0 Å². The molecule has 1 aromatic carbocycles. The van der Waals surface area contributed by atoms with Crippen molar-refractivity contribution in [1.29, 1.82) is 0 Å². The first-order valence-corrected chi connectivity index (χ1v) is 9.94.